The number of benzene rings is 2. The average Bonchev–Trinajstić information content (AvgIpc) is 2.77. The Hall–Kier alpha value is -4.29. The number of hydrogen-bond acceptors (Lipinski definition) is 6. The first-order valence-electron chi connectivity index (χ1n) is 9.64. The zero-order chi connectivity index (χ0) is 23.7. The van der Waals surface area contributed by atoms with E-state index in [1.165, 1.54) is 12.1 Å². The number of amides is 4. The van der Waals surface area contributed by atoms with Crippen LogP contribution < -0.4 is 21.5 Å². The number of piperidine rings is 1. The molecule has 0 aliphatic carbocycles. The van der Waals surface area contributed by atoms with Gasteiger partial charge in [0.2, 0.25) is 5.91 Å². The van der Waals surface area contributed by atoms with Crippen LogP contribution in [0.3, 0.4) is 0 Å². The highest BCUT2D eigenvalue weighted by Gasteiger charge is 2.30. The number of carbonyl (C=O) groups is 3. The second-order valence-corrected chi connectivity index (χ2v) is 7.22. The van der Waals surface area contributed by atoms with Gasteiger partial charge in [0.1, 0.15) is 11.6 Å². The van der Waals surface area contributed by atoms with E-state index in [1.807, 2.05) is 0 Å². The third-order valence-corrected chi connectivity index (χ3v) is 4.95. The summed E-state index contributed by atoms with van der Waals surface area (Å²) in [5.74, 6) is -5.63. The van der Waals surface area contributed by atoms with E-state index in [0.717, 1.165) is 4.68 Å². The monoisotopic (exact) mass is 460 g/mol. The summed E-state index contributed by atoms with van der Waals surface area (Å²) >= 11 is 0. The van der Waals surface area contributed by atoms with Crippen molar-refractivity contribution in [3.8, 4) is 0 Å². The van der Waals surface area contributed by atoms with E-state index in [1.54, 1.807) is 6.07 Å². The van der Waals surface area contributed by atoms with Crippen molar-refractivity contribution in [3.63, 3.8) is 0 Å². The first-order chi connectivity index (χ1) is 15.7. The number of imide groups is 1. The van der Waals surface area contributed by atoms with Crippen LogP contribution in [0.25, 0.3) is 10.9 Å². The molecule has 1 saturated heterocycles. The predicted molar refractivity (Wildman–Crippen MR) is 107 cm³/mol. The van der Waals surface area contributed by atoms with Crippen LogP contribution in [0.2, 0.25) is 0 Å². The molecule has 3 aromatic rings. The van der Waals surface area contributed by atoms with Crippen molar-refractivity contribution in [2.45, 2.75) is 25.4 Å². The van der Waals surface area contributed by atoms with Crippen LogP contribution in [0.1, 0.15) is 24.4 Å². The second kappa shape index (κ2) is 8.68. The highest BCUT2D eigenvalue weighted by atomic mass is 19.2. The van der Waals surface area contributed by atoms with E-state index in [4.69, 9.17) is 0 Å². The number of hydrogen-bond donors (Lipinski definition) is 3. The Bertz CT molecular complexity index is 1340. The number of urea groups is 1. The predicted octanol–water partition coefficient (Wildman–Crippen LogP) is 1.51. The lowest BCUT2D eigenvalue weighted by Crippen LogP contribution is -2.45. The summed E-state index contributed by atoms with van der Waals surface area (Å²) in [6, 6.07) is 3.98. The van der Waals surface area contributed by atoms with Crippen molar-refractivity contribution >= 4 is 34.4 Å². The summed E-state index contributed by atoms with van der Waals surface area (Å²) in [7, 11) is 0. The van der Waals surface area contributed by atoms with Crippen LogP contribution in [-0.2, 0) is 16.1 Å². The molecule has 4 rings (SSSR count). The number of nitrogens with one attached hydrogen (secondary N) is 3. The third-order valence-electron chi connectivity index (χ3n) is 4.95. The number of nitrogens with zero attached hydrogens (tertiary/aromatic N) is 3. The van der Waals surface area contributed by atoms with Gasteiger partial charge < -0.3 is 10.6 Å². The molecule has 1 aromatic heterocycles. The molecule has 0 spiro atoms. The minimum Gasteiger partial charge on any atom is -0.334 e. The van der Waals surface area contributed by atoms with E-state index in [0.29, 0.717) is 17.7 Å². The van der Waals surface area contributed by atoms with Gasteiger partial charge in [0, 0.05) is 30.8 Å². The van der Waals surface area contributed by atoms with Crippen LogP contribution in [0, 0.1) is 17.5 Å². The van der Waals surface area contributed by atoms with Gasteiger partial charge >= 0.3 is 6.03 Å². The van der Waals surface area contributed by atoms with Gasteiger partial charge in [-0.3, -0.25) is 19.7 Å². The molecule has 1 aliphatic heterocycles. The Morgan fingerprint density at radius 1 is 1.12 bits per heavy atom. The zero-order valence-electron chi connectivity index (χ0n) is 16.7. The molecule has 1 fully saturated rings. The first-order valence-corrected chi connectivity index (χ1v) is 9.64. The molecule has 0 radical (unpaired) electrons. The molecule has 1 unspecified atom stereocenters. The largest absolute Gasteiger partial charge is 0.334 e. The van der Waals surface area contributed by atoms with Crippen LogP contribution in [0.15, 0.2) is 35.1 Å². The fourth-order valence-electron chi connectivity index (χ4n) is 3.32. The van der Waals surface area contributed by atoms with Crippen molar-refractivity contribution in [1.82, 2.24) is 25.6 Å². The van der Waals surface area contributed by atoms with Gasteiger partial charge in [-0.2, -0.15) is 4.68 Å². The van der Waals surface area contributed by atoms with Gasteiger partial charge in [-0.05, 0) is 24.1 Å². The van der Waals surface area contributed by atoms with Crippen molar-refractivity contribution in [3.05, 3.63) is 63.7 Å². The Balaban J connectivity index is 1.50. The number of anilines is 1. The molecule has 10 nitrogen and oxygen atoms in total. The highest BCUT2D eigenvalue weighted by molar-refractivity contribution is 5.99. The molecule has 13 heteroatoms. The fourth-order valence-corrected chi connectivity index (χ4v) is 3.32. The summed E-state index contributed by atoms with van der Waals surface area (Å²) in [5.41, 5.74) is -0.147. The lowest BCUT2D eigenvalue weighted by atomic mass is 10.1. The van der Waals surface area contributed by atoms with E-state index in [-0.39, 0.29) is 36.0 Å². The van der Waals surface area contributed by atoms with E-state index < -0.39 is 46.9 Å². The molecule has 0 saturated carbocycles. The van der Waals surface area contributed by atoms with Gasteiger partial charge in [-0.1, -0.05) is 11.3 Å². The minimum absolute atomic E-state index is 0.0590. The van der Waals surface area contributed by atoms with Crippen molar-refractivity contribution in [2.24, 2.45) is 0 Å². The molecule has 1 aliphatic rings. The van der Waals surface area contributed by atoms with E-state index in [2.05, 4.69) is 26.3 Å². The SMILES string of the molecule is O=C1CCC(n2nnc3ccc(CNC(=O)Nc4cc(F)c(F)c(F)c4)cc3c2=O)C(=O)N1. The topological polar surface area (TPSA) is 135 Å². The molecule has 2 heterocycles. The molecule has 4 amide bonds. The Morgan fingerprint density at radius 3 is 2.55 bits per heavy atom. The maximum atomic E-state index is 13.3. The summed E-state index contributed by atoms with van der Waals surface area (Å²) in [4.78, 5) is 48.3. The normalized spacial score (nSPS) is 15.9. The molecular weight excluding hydrogens is 445 g/mol. The van der Waals surface area contributed by atoms with Gasteiger partial charge in [0.05, 0.1) is 5.39 Å². The molecule has 0 bridgehead atoms. The number of halogens is 3. The Labute approximate surface area is 182 Å². The summed E-state index contributed by atoms with van der Waals surface area (Å²) in [6.45, 7) is -0.0753. The summed E-state index contributed by atoms with van der Waals surface area (Å²) in [6.07, 6.45) is 0.167. The Kier molecular flexibility index (Phi) is 5.77. The van der Waals surface area contributed by atoms with Gasteiger partial charge in [0.15, 0.2) is 17.5 Å². The van der Waals surface area contributed by atoms with Crippen LogP contribution in [0.4, 0.5) is 23.7 Å². The van der Waals surface area contributed by atoms with Crippen molar-refractivity contribution in [2.75, 3.05) is 5.32 Å². The number of aromatic nitrogens is 3. The fraction of sp³-hybridized carbons (Fsp3) is 0.200. The molecule has 2 aromatic carbocycles. The maximum Gasteiger partial charge on any atom is 0.319 e. The van der Waals surface area contributed by atoms with Gasteiger partial charge in [0.25, 0.3) is 11.5 Å². The molecular formula is C20H15F3N6O4. The molecule has 33 heavy (non-hydrogen) atoms. The van der Waals surface area contributed by atoms with Crippen LogP contribution in [0.5, 0.6) is 0 Å². The zero-order valence-corrected chi connectivity index (χ0v) is 16.7. The molecule has 170 valence electrons. The first kappa shape index (κ1) is 21.9. The lowest BCUT2D eigenvalue weighted by molar-refractivity contribution is -0.136. The lowest BCUT2D eigenvalue weighted by Gasteiger charge is -2.21. The quantitative estimate of drug-likeness (QED) is 0.399. The number of fused-ring (bicyclic) bond motifs is 1. The van der Waals surface area contributed by atoms with Gasteiger partial charge in [-0.25, -0.2) is 18.0 Å². The maximum absolute atomic E-state index is 13.3. The minimum atomic E-state index is -1.65. The van der Waals surface area contributed by atoms with Crippen LogP contribution >= 0.6 is 0 Å². The second-order valence-electron chi connectivity index (χ2n) is 7.22. The van der Waals surface area contributed by atoms with Crippen molar-refractivity contribution < 1.29 is 27.6 Å². The average molecular weight is 460 g/mol. The third kappa shape index (κ3) is 4.51. The summed E-state index contributed by atoms with van der Waals surface area (Å²) < 4.78 is 40.5. The van der Waals surface area contributed by atoms with E-state index >= 15 is 0 Å². The highest BCUT2D eigenvalue weighted by Crippen LogP contribution is 2.18. The van der Waals surface area contributed by atoms with E-state index in [9.17, 15) is 32.3 Å². The summed E-state index contributed by atoms with van der Waals surface area (Å²) in [5, 5.41) is 14.6. The van der Waals surface area contributed by atoms with Crippen molar-refractivity contribution in [1.29, 1.82) is 0 Å². The standard InChI is InChI=1S/C20H15F3N6O4/c21-12-6-10(7-13(22)17(12)23)25-20(33)24-8-9-1-2-14-11(5-9)19(32)29(28-27-14)15-3-4-16(30)26-18(15)31/h1-2,5-7,15H,3-4,8H2,(H2,24,25,33)(H,26,30,31). The number of carbonyl (C=O) groups excluding carboxylic acids is 3. The Morgan fingerprint density at radius 2 is 1.85 bits per heavy atom. The smallest absolute Gasteiger partial charge is 0.319 e. The number of rotatable bonds is 4. The van der Waals surface area contributed by atoms with Gasteiger partial charge in [-0.15, -0.1) is 5.10 Å². The van der Waals surface area contributed by atoms with Crippen LogP contribution in [-0.4, -0.2) is 32.8 Å². The molecule has 1 atom stereocenters. The molecule has 3 N–H and O–H groups in total.